The van der Waals surface area contributed by atoms with Gasteiger partial charge in [-0.25, -0.2) is 0 Å². The smallest absolute Gasteiger partial charge is 0.0547 e. The molecule has 0 aliphatic carbocycles. The zero-order valence-corrected chi connectivity index (χ0v) is 14.7. The molecule has 0 bridgehead atoms. The van der Waals surface area contributed by atoms with Gasteiger partial charge in [-0.1, -0.05) is 27.7 Å². The van der Waals surface area contributed by atoms with Gasteiger partial charge in [0.05, 0.1) is 6.61 Å². The summed E-state index contributed by atoms with van der Waals surface area (Å²) in [7, 11) is 0. The first kappa shape index (κ1) is 17.2. The summed E-state index contributed by atoms with van der Waals surface area (Å²) in [4.78, 5) is 2.72. The highest BCUT2D eigenvalue weighted by atomic mass is 16.5. The molecule has 0 spiro atoms. The van der Waals surface area contributed by atoms with Crippen LogP contribution < -0.4 is 5.32 Å². The maximum atomic E-state index is 5.76. The molecule has 3 nitrogen and oxygen atoms in total. The molecule has 2 unspecified atom stereocenters. The zero-order chi connectivity index (χ0) is 15.3. The molecule has 0 radical (unpaired) electrons. The lowest BCUT2D eigenvalue weighted by Gasteiger charge is -2.34. The third-order valence-electron chi connectivity index (χ3n) is 5.44. The average Bonchev–Trinajstić information content (AvgIpc) is 2.75. The minimum atomic E-state index is 0.349. The van der Waals surface area contributed by atoms with Gasteiger partial charge < -0.3 is 15.0 Å². The average molecular weight is 296 g/mol. The molecule has 0 aromatic rings. The second kappa shape index (κ2) is 7.94. The Hall–Kier alpha value is -0.120. The Bertz CT molecular complexity index is 298. The van der Waals surface area contributed by atoms with E-state index in [2.05, 4.69) is 37.9 Å². The van der Waals surface area contributed by atoms with Crippen molar-refractivity contribution in [3.8, 4) is 0 Å². The Kier molecular flexibility index (Phi) is 6.51. The molecule has 2 rings (SSSR count). The standard InChI is InChI=1S/C18H36N2O/c1-15(2)17-6-5-9-20(10-7-17)13-18(8-11-21-14-18)12-19-16(3)4/h15-17,19H,5-14H2,1-4H3. The van der Waals surface area contributed by atoms with Gasteiger partial charge in [0.25, 0.3) is 0 Å². The number of likely N-dealkylation sites (tertiary alicyclic amines) is 1. The number of nitrogens with one attached hydrogen (secondary N) is 1. The lowest BCUT2D eigenvalue weighted by atomic mass is 9.86. The molecular formula is C18H36N2O. The molecule has 1 N–H and O–H groups in total. The van der Waals surface area contributed by atoms with Gasteiger partial charge in [-0.15, -0.1) is 0 Å². The third kappa shape index (κ3) is 5.22. The van der Waals surface area contributed by atoms with Gasteiger partial charge in [-0.2, -0.15) is 0 Å². The van der Waals surface area contributed by atoms with E-state index < -0.39 is 0 Å². The summed E-state index contributed by atoms with van der Waals surface area (Å²) in [5, 5.41) is 3.65. The molecule has 3 heteroatoms. The van der Waals surface area contributed by atoms with Gasteiger partial charge in [-0.3, -0.25) is 0 Å². The molecule has 2 heterocycles. The first-order chi connectivity index (χ1) is 10.0. The van der Waals surface area contributed by atoms with E-state index in [1.807, 2.05) is 0 Å². The highest BCUT2D eigenvalue weighted by Gasteiger charge is 2.37. The fraction of sp³-hybridized carbons (Fsp3) is 1.00. The first-order valence-electron chi connectivity index (χ1n) is 9.04. The second-order valence-corrected chi connectivity index (χ2v) is 8.05. The van der Waals surface area contributed by atoms with E-state index >= 15 is 0 Å². The van der Waals surface area contributed by atoms with Crippen molar-refractivity contribution in [3.05, 3.63) is 0 Å². The topological polar surface area (TPSA) is 24.5 Å². The van der Waals surface area contributed by atoms with Crippen molar-refractivity contribution in [2.24, 2.45) is 17.3 Å². The fourth-order valence-electron chi connectivity index (χ4n) is 3.87. The molecule has 2 aliphatic heterocycles. The number of nitrogens with zero attached hydrogens (tertiary/aromatic N) is 1. The predicted octanol–water partition coefficient (Wildman–Crippen LogP) is 3.15. The van der Waals surface area contributed by atoms with E-state index in [-0.39, 0.29) is 0 Å². The van der Waals surface area contributed by atoms with Crippen LogP contribution in [0, 0.1) is 17.3 Å². The maximum absolute atomic E-state index is 5.76. The van der Waals surface area contributed by atoms with Crippen LogP contribution in [-0.2, 0) is 4.74 Å². The van der Waals surface area contributed by atoms with Crippen LogP contribution in [0.15, 0.2) is 0 Å². The molecule has 2 aliphatic rings. The Morgan fingerprint density at radius 1 is 1.19 bits per heavy atom. The quantitative estimate of drug-likeness (QED) is 0.815. The van der Waals surface area contributed by atoms with Crippen molar-refractivity contribution in [3.63, 3.8) is 0 Å². The molecule has 2 atom stereocenters. The van der Waals surface area contributed by atoms with E-state index in [1.54, 1.807) is 0 Å². The van der Waals surface area contributed by atoms with Gasteiger partial charge in [0.15, 0.2) is 0 Å². The Morgan fingerprint density at radius 3 is 2.62 bits per heavy atom. The Balaban J connectivity index is 1.88. The van der Waals surface area contributed by atoms with Crippen LogP contribution in [0.3, 0.4) is 0 Å². The zero-order valence-electron chi connectivity index (χ0n) is 14.7. The molecule has 2 saturated heterocycles. The lowest BCUT2D eigenvalue weighted by Crippen LogP contribution is -2.46. The number of hydrogen-bond donors (Lipinski definition) is 1. The molecule has 0 amide bonds. The Morgan fingerprint density at radius 2 is 2.00 bits per heavy atom. The van der Waals surface area contributed by atoms with Crippen LogP contribution in [0.5, 0.6) is 0 Å². The van der Waals surface area contributed by atoms with Crippen molar-refractivity contribution in [1.82, 2.24) is 10.2 Å². The first-order valence-corrected chi connectivity index (χ1v) is 9.04. The number of ether oxygens (including phenoxy) is 1. The largest absolute Gasteiger partial charge is 0.381 e. The van der Waals surface area contributed by atoms with Crippen molar-refractivity contribution >= 4 is 0 Å². The molecular weight excluding hydrogens is 260 g/mol. The van der Waals surface area contributed by atoms with Gasteiger partial charge >= 0.3 is 0 Å². The normalized spacial score (nSPS) is 32.0. The van der Waals surface area contributed by atoms with Gasteiger partial charge in [0, 0.05) is 31.2 Å². The third-order valence-corrected chi connectivity index (χ3v) is 5.44. The SMILES string of the molecule is CC(C)NCC1(CN2CCCC(C(C)C)CC2)CCOC1. The van der Waals surface area contributed by atoms with E-state index in [0.717, 1.165) is 31.6 Å². The number of rotatable bonds is 6. The van der Waals surface area contributed by atoms with E-state index in [1.165, 1.54) is 45.3 Å². The summed E-state index contributed by atoms with van der Waals surface area (Å²) in [6, 6.07) is 0.567. The van der Waals surface area contributed by atoms with Crippen LogP contribution in [-0.4, -0.2) is 50.3 Å². The van der Waals surface area contributed by atoms with Gasteiger partial charge in [0.2, 0.25) is 0 Å². The van der Waals surface area contributed by atoms with Crippen LogP contribution >= 0.6 is 0 Å². The molecule has 0 aromatic carbocycles. The Labute approximate surface area is 131 Å². The highest BCUT2D eigenvalue weighted by Crippen LogP contribution is 2.31. The summed E-state index contributed by atoms with van der Waals surface area (Å²) < 4.78 is 5.76. The molecule has 0 aromatic heterocycles. The monoisotopic (exact) mass is 296 g/mol. The maximum Gasteiger partial charge on any atom is 0.0547 e. The van der Waals surface area contributed by atoms with Gasteiger partial charge in [0.1, 0.15) is 0 Å². The van der Waals surface area contributed by atoms with Crippen LogP contribution in [0.2, 0.25) is 0 Å². The molecule has 21 heavy (non-hydrogen) atoms. The van der Waals surface area contributed by atoms with Crippen molar-refractivity contribution in [2.45, 2.75) is 59.4 Å². The van der Waals surface area contributed by atoms with Crippen LogP contribution in [0.1, 0.15) is 53.4 Å². The second-order valence-electron chi connectivity index (χ2n) is 8.05. The fourth-order valence-corrected chi connectivity index (χ4v) is 3.87. The summed E-state index contributed by atoms with van der Waals surface area (Å²) in [6.07, 6.45) is 5.39. The minimum absolute atomic E-state index is 0.349. The highest BCUT2D eigenvalue weighted by molar-refractivity contribution is 4.89. The number of hydrogen-bond acceptors (Lipinski definition) is 3. The summed E-state index contributed by atoms with van der Waals surface area (Å²) >= 11 is 0. The van der Waals surface area contributed by atoms with Crippen molar-refractivity contribution < 1.29 is 4.74 Å². The van der Waals surface area contributed by atoms with Crippen LogP contribution in [0.4, 0.5) is 0 Å². The summed E-state index contributed by atoms with van der Waals surface area (Å²) in [6.45, 7) is 16.0. The van der Waals surface area contributed by atoms with E-state index in [9.17, 15) is 0 Å². The minimum Gasteiger partial charge on any atom is -0.381 e. The molecule has 0 saturated carbocycles. The van der Waals surface area contributed by atoms with E-state index in [4.69, 9.17) is 4.74 Å². The van der Waals surface area contributed by atoms with Crippen LogP contribution in [0.25, 0.3) is 0 Å². The van der Waals surface area contributed by atoms with Crippen molar-refractivity contribution in [2.75, 3.05) is 39.4 Å². The van der Waals surface area contributed by atoms with Gasteiger partial charge in [-0.05, 0) is 50.6 Å². The summed E-state index contributed by atoms with van der Waals surface area (Å²) in [5.41, 5.74) is 0.349. The van der Waals surface area contributed by atoms with E-state index in [0.29, 0.717) is 11.5 Å². The summed E-state index contributed by atoms with van der Waals surface area (Å²) in [5.74, 6) is 1.77. The molecule has 2 fully saturated rings. The van der Waals surface area contributed by atoms with Crippen molar-refractivity contribution in [1.29, 1.82) is 0 Å². The molecule has 124 valence electrons. The predicted molar refractivity (Wildman–Crippen MR) is 89.6 cm³/mol. The lowest BCUT2D eigenvalue weighted by molar-refractivity contribution is 0.107.